The number of carbonyl (C=O) groups is 1. The third-order valence-corrected chi connectivity index (χ3v) is 2.62. The van der Waals surface area contributed by atoms with Gasteiger partial charge in [-0.15, -0.1) is 0 Å². The van der Waals surface area contributed by atoms with Crippen LogP contribution in [0.15, 0.2) is 24.4 Å². The van der Waals surface area contributed by atoms with E-state index in [0.717, 1.165) is 0 Å². The summed E-state index contributed by atoms with van der Waals surface area (Å²) in [5.41, 5.74) is 0.322. The van der Waals surface area contributed by atoms with Crippen LogP contribution in [-0.4, -0.2) is 15.4 Å². The van der Waals surface area contributed by atoms with Gasteiger partial charge in [0.25, 0.3) is 5.69 Å². The Kier molecular flexibility index (Phi) is 2.40. The minimum Gasteiger partial charge on any atom is -0.287 e. The molecule has 0 spiro atoms. The molecule has 2 aromatic rings. The van der Waals surface area contributed by atoms with E-state index in [2.05, 4.69) is 0 Å². The van der Waals surface area contributed by atoms with Crippen molar-refractivity contribution in [3.8, 4) is 0 Å². The van der Waals surface area contributed by atoms with Gasteiger partial charge < -0.3 is 0 Å². The van der Waals surface area contributed by atoms with E-state index in [-0.39, 0.29) is 16.6 Å². The van der Waals surface area contributed by atoms with E-state index in [1.165, 1.54) is 29.8 Å². The van der Waals surface area contributed by atoms with E-state index in [1.54, 1.807) is 6.07 Å². The molecule has 0 bridgehead atoms. The van der Waals surface area contributed by atoms with Crippen LogP contribution in [-0.2, 0) is 0 Å². The average Bonchev–Trinajstić information content (AvgIpc) is 2.59. The molecule has 16 heavy (non-hydrogen) atoms. The van der Waals surface area contributed by atoms with Crippen molar-refractivity contribution in [3.05, 3.63) is 39.5 Å². The van der Waals surface area contributed by atoms with Gasteiger partial charge in [-0.2, -0.15) is 0 Å². The molecular formula is C10H7ClN2O3. The second-order valence-electron chi connectivity index (χ2n) is 3.29. The van der Waals surface area contributed by atoms with E-state index in [4.69, 9.17) is 11.6 Å². The maximum absolute atomic E-state index is 11.2. The Morgan fingerprint density at radius 3 is 2.69 bits per heavy atom. The number of rotatable bonds is 1. The number of fused-ring (bicyclic) bond motifs is 1. The largest absolute Gasteiger partial charge is 0.297 e. The number of nitro groups is 1. The summed E-state index contributed by atoms with van der Waals surface area (Å²) in [6.07, 6.45) is 1.50. The van der Waals surface area contributed by atoms with Gasteiger partial charge in [-0.25, -0.2) is 0 Å². The fourth-order valence-corrected chi connectivity index (χ4v) is 1.87. The number of nitrogens with zero attached hydrogens (tertiary/aromatic N) is 2. The number of carbonyl (C=O) groups excluding carboxylic acids is 1. The first-order valence-electron chi connectivity index (χ1n) is 4.47. The minimum absolute atomic E-state index is 0.0683. The molecule has 5 nitrogen and oxygen atoms in total. The van der Waals surface area contributed by atoms with Crippen molar-refractivity contribution in [3.63, 3.8) is 0 Å². The summed E-state index contributed by atoms with van der Waals surface area (Å²) >= 11 is 5.75. The van der Waals surface area contributed by atoms with Gasteiger partial charge in [0.2, 0.25) is 5.91 Å². The van der Waals surface area contributed by atoms with Gasteiger partial charge in [-0.1, -0.05) is 11.6 Å². The number of benzene rings is 1. The summed E-state index contributed by atoms with van der Waals surface area (Å²) in [5, 5.41) is 11.3. The van der Waals surface area contributed by atoms with Crippen molar-refractivity contribution in [1.29, 1.82) is 0 Å². The van der Waals surface area contributed by atoms with Crippen molar-refractivity contribution in [2.45, 2.75) is 6.92 Å². The third-order valence-electron chi connectivity index (χ3n) is 2.32. The zero-order valence-corrected chi connectivity index (χ0v) is 9.06. The SMILES string of the molecule is CC(=O)n1ccc2c([N+](=O)[O-])c(Cl)ccc21. The number of nitro benzene ring substituents is 1. The molecule has 0 saturated carbocycles. The van der Waals surface area contributed by atoms with Gasteiger partial charge in [0.15, 0.2) is 0 Å². The Balaban J connectivity index is 2.86. The van der Waals surface area contributed by atoms with Gasteiger partial charge in [0.05, 0.1) is 15.8 Å². The number of aromatic nitrogens is 1. The molecule has 0 radical (unpaired) electrons. The summed E-state index contributed by atoms with van der Waals surface area (Å²) in [6.45, 7) is 1.39. The van der Waals surface area contributed by atoms with Crippen LogP contribution in [0.4, 0.5) is 5.69 Å². The molecule has 0 aliphatic rings. The Hall–Kier alpha value is -1.88. The Labute approximate surface area is 95.4 Å². The predicted octanol–water partition coefficient (Wildman–Crippen LogP) is 2.86. The van der Waals surface area contributed by atoms with Gasteiger partial charge in [-0.3, -0.25) is 19.5 Å². The molecule has 0 aliphatic heterocycles. The Morgan fingerprint density at radius 1 is 1.44 bits per heavy atom. The highest BCUT2D eigenvalue weighted by atomic mass is 35.5. The number of hydrogen-bond acceptors (Lipinski definition) is 3. The molecule has 0 amide bonds. The van der Waals surface area contributed by atoms with Crippen molar-refractivity contribution in [2.24, 2.45) is 0 Å². The molecule has 0 aliphatic carbocycles. The molecule has 0 atom stereocenters. The van der Waals surface area contributed by atoms with Crippen molar-refractivity contribution >= 4 is 34.1 Å². The normalized spacial score (nSPS) is 10.6. The van der Waals surface area contributed by atoms with Crippen LogP contribution in [0.25, 0.3) is 10.9 Å². The first-order chi connectivity index (χ1) is 7.52. The van der Waals surface area contributed by atoms with Gasteiger partial charge in [0.1, 0.15) is 5.02 Å². The fourth-order valence-electron chi connectivity index (χ4n) is 1.63. The second kappa shape index (κ2) is 3.61. The summed E-state index contributed by atoms with van der Waals surface area (Å²) < 4.78 is 1.35. The van der Waals surface area contributed by atoms with Gasteiger partial charge in [0, 0.05) is 13.1 Å². The monoisotopic (exact) mass is 238 g/mol. The highest BCUT2D eigenvalue weighted by Gasteiger charge is 2.19. The Morgan fingerprint density at radius 2 is 2.12 bits per heavy atom. The summed E-state index contributed by atoms with van der Waals surface area (Å²) in [6, 6.07) is 4.52. The molecule has 1 aromatic carbocycles. The molecule has 0 fully saturated rings. The standard InChI is InChI=1S/C10H7ClN2O3/c1-6(14)12-5-4-7-9(12)3-2-8(11)10(7)13(15)16/h2-5H,1H3. The van der Waals surface area contributed by atoms with E-state index in [1.807, 2.05) is 0 Å². The lowest BCUT2D eigenvalue weighted by molar-refractivity contribution is -0.382. The summed E-state index contributed by atoms with van der Waals surface area (Å²) in [7, 11) is 0. The maximum atomic E-state index is 11.2. The van der Waals surface area contributed by atoms with E-state index in [9.17, 15) is 14.9 Å². The highest BCUT2D eigenvalue weighted by molar-refractivity contribution is 6.34. The van der Waals surface area contributed by atoms with Crippen LogP contribution < -0.4 is 0 Å². The molecule has 1 heterocycles. The van der Waals surface area contributed by atoms with E-state index >= 15 is 0 Å². The van der Waals surface area contributed by atoms with Crippen molar-refractivity contribution in [2.75, 3.05) is 0 Å². The fraction of sp³-hybridized carbons (Fsp3) is 0.100. The number of hydrogen-bond donors (Lipinski definition) is 0. The first kappa shape index (κ1) is 10.6. The maximum Gasteiger partial charge on any atom is 0.297 e. The topological polar surface area (TPSA) is 65.1 Å². The zero-order valence-electron chi connectivity index (χ0n) is 8.31. The lowest BCUT2D eigenvalue weighted by Gasteiger charge is -2.00. The van der Waals surface area contributed by atoms with E-state index < -0.39 is 4.92 Å². The lowest BCUT2D eigenvalue weighted by Crippen LogP contribution is -2.03. The molecule has 0 saturated heterocycles. The van der Waals surface area contributed by atoms with Gasteiger partial charge >= 0.3 is 0 Å². The molecule has 2 rings (SSSR count). The average molecular weight is 239 g/mol. The highest BCUT2D eigenvalue weighted by Crippen LogP contribution is 2.33. The smallest absolute Gasteiger partial charge is 0.287 e. The Bertz CT molecular complexity index is 603. The summed E-state index contributed by atoms with van der Waals surface area (Å²) in [5.74, 6) is -0.202. The van der Waals surface area contributed by atoms with Crippen LogP contribution in [0.5, 0.6) is 0 Å². The molecule has 1 aromatic heterocycles. The van der Waals surface area contributed by atoms with E-state index in [0.29, 0.717) is 10.9 Å². The zero-order chi connectivity index (χ0) is 11.9. The molecule has 6 heteroatoms. The predicted molar refractivity (Wildman–Crippen MR) is 59.9 cm³/mol. The first-order valence-corrected chi connectivity index (χ1v) is 4.85. The quantitative estimate of drug-likeness (QED) is 0.567. The molecular weight excluding hydrogens is 232 g/mol. The second-order valence-corrected chi connectivity index (χ2v) is 3.70. The molecule has 0 unspecified atom stereocenters. The molecule has 82 valence electrons. The number of halogens is 1. The van der Waals surface area contributed by atoms with Crippen LogP contribution in [0.2, 0.25) is 5.02 Å². The van der Waals surface area contributed by atoms with Gasteiger partial charge in [-0.05, 0) is 18.2 Å². The van der Waals surface area contributed by atoms with Crippen molar-refractivity contribution in [1.82, 2.24) is 4.57 Å². The van der Waals surface area contributed by atoms with Crippen LogP contribution >= 0.6 is 11.6 Å². The van der Waals surface area contributed by atoms with Crippen LogP contribution in [0, 0.1) is 10.1 Å². The summed E-state index contributed by atoms with van der Waals surface area (Å²) in [4.78, 5) is 21.5. The lowest BCUT2D eigenvalue weighted by atomic mass is 10.2. The van der Waals surface area contributed by atoms with Crippen LogP contribution in [0.3, 0.4) is 0 Å². The minimum atomic E-state index is -0.546. The molecule has 0 N–H and O–H groups in total. The third kappa shape index (κ3) is 1.45. The van der Waals surface area contributed by atoms with Crippen LogP contribution in [0.1, 0.15) is 11.7 Å². The van der Waals surface area contributed by atoms with Crippen molar-refractivity contribution < 1.29 is 9.72 Å².